The summed E-state index contributed by atoms with van der Waals surface area (Å²) in [7, 11) is 0. The molecule has 0 bridgehead atoms. The second kappa shape index (κ2) is 11.1. The maximum atomic E-state index is 5.61. The van der Waals surface area contributed by atoms with Gasteiger partial charge in [-0.3, -0.25) is 0 Å². The minimum absolute atomic E-state index is 0.837. The SMILES string of the molecule is CCCCC(I)CCCCCCCl. The highest BCUT2D eigenvalue weighted by Crippen LogP contribution is 2.18. The van der Waals surface area contributed by atoms with Crippen LogP contribution in [0.4, 0.5) is 0 Å². The highest BCUT2D eigenvalue weighted by atomic mass is 127. The van der Waals surface area contributed by atoms with Crippen LogP contribution in [0.5, 0.6) is 0 Å². The molecule has 1 atom stereocenters. The van der Waals surface area contributed by atoms with E-state index in [0.29, 0.717) is 0 Å². The van der Waals surface area contributed by atoms with Gasteiger partial charge in [-0.15, -0.1) is 11.6 Å². The summed E-state index contributed by atoms with van der Waals surface area (Å²) in [5.41, 5.74) is 0. The van der Waals surface area contributed by atoms with Gasteiger partial charge in [0.1, 0.15) is 0 Å². The zero-order valence-electron chi connectivity index (χ0n) is 8.70. The molecule has 13 heavy (non-hydrogen) atoms. The average Bonchev–Trinajstić information content (AvgIpc) is 2.14. The molecule has 0 aromatic heterocycles. The van der Waals surface area contributed by atoms with E-state index in [1.54, 1.807) is 0 Å². The van der Waals surface area contributed by atoms with Crippen molar-refractivity contribution in [3.8, 4) is 0 Å². The molecule has 0 nitrogen and oxygen atoms in total. The van der Waals surface area contributed by atoms with Crippen molar-refractivity contribution < 1.29 is 0 Å². The van der Waals surface area contributed by atoms with E-state index in [1.165, 1.54) is 51.4 Å². The Labute approximate surface area is 102 Å². The number of rotatable bonds is 9. The van der Waals surface area contributed by atoms with Crippen LogP contribution in [-0.2, 0) is 0 Å². The Morgan fingerprint density at radius 1 is 1.00 bits per heavy atom. The van der Waals surface area contributed by atoms with Crippen molar-refractivity contribution in [1.82, 2.24) is 0 Å². The zero-order valence-corrected chi connectivity index (χ0v) is 11.6. The van der Waals surface area contributed by atoms with Crippen LogP contribution < -0.4 is 0 Å². The summed E-state index contributed by atoms with van der Waals surface area (Å²) in [6.45, 7) is 2.27. The molecule has 0 rings (SSSR count). The molecule has 0 aliphatic rings. The molecule has 0 aliphatic carbocycles. The minimum atomic E-state index is 0.837. The van der Waals surface area contributed by atoms with Gasteiger partial charge < -0.3 is 0 Å². The molecular weight excluding hydrogens is 294 g/mol. The van der Waals surface area contributed by atoms with E-state index >= 15 is 0 Å². The zero-order chi connectivity index (χ0) is 9.94. The fraction of sp³-hybridized carbons (Fsp3) is 1.00. The number of hydrogen-bond donors (Lipinski definition) is 0. The standard InChI is InChI=1S/C11H22ClI/c1-2-3-8-11(13)9-6-4-5-7-10-12/h11H,2-10H2,1H3. The molecule has 0 N–H and O–H groups in total. The molecule has 0 fully saturated rings. The highest BCUT2D eigenvalue weighted by Gasteiger charge is 2.02. The highest BCUT2D eigenvalue weighted by molar-refractivity contribution is 14.1. The van der Waals surface area contributed by atoms with E-state index in [1.807, 2.05) is 0 Å². The molecule has 0 spiro atoms. The topological polar surface area (TPSA) is 0 Å². The van der Waals surface area contributed by atoms with Crippen LogP contribution in [0.15, 0.2) is 0 Å². The van der Waals surface area contributed by atoms with Gasteiger partial charge in [0.15, 0.2) is 0 Å². The predicted octanol–water partition coefficient (Wildman–Crippen LogP) is 5.17. The third-order valence-electron chi connectivity index (χ3n) is 2.27. The van der Waals surface area contributed by atoms with E-state index < -0.39 is 0 Å². The summed E-state index contributed by atoms with van der Waals surface area (Å²) in [6.07, 6.45) is 10.8. The lowest BCUT2D eigenvalue weighted by Crippen LogP contribution is -1.97. The fourth-order valence-corrected chi connectivity index (χ4v) is 2.45. The van der Waals surface area contributed by atoms with E-state index in [-0.39, 0.29) is 0 Å². The van der Waals surface area contributed by atoms with Gasteiger partial charge in [0.25, 0.3) is 0 Å². The first-order valence-electron chi connectivity index (χ1n) is 5.51. The molecule has 1 unspecified atom stereocenters. The van der Waals surface area contributed by atoms with Crippen LogP contribution >= 0.6 is 34.2 Å². The van der Waals surface area contributed by atoms with Crippen molar-refractivity contribution in [3.63, 3.8) is 0 Å². The summed E-state index contributed by atoms with van der Waals surface area (Å²) in [6, 6.07) is 0. The van der Waals surface area contributed by atoms with E-state index in [4.69, 9.17) is 11.6 Å². The maximum absolute atomic E-state index is 5.61. The quantitative estimate of drug-likeness (QED) is 0.313. The van der Waals surface area contributed by atoms with E-state index in [0.717, 1.165) is 9.80 Å². The van der Waals surface area contributed by atoms with Crippen molar-refractivity contribution in [2.75, 3.05) is 5.88 Å². The summed E-state index contributed by atoms with van der Waals surface area (Å²) < 4.78 is 0.911. The normalized spacial score (nSPS) is 13.2. The predicted molar refractivity (Wildman–Crippen MR) is 71.1 cm³/mol. The van der Waals surface area contributed by atoms with Gasteiger partial charge in [0, 0.05) is 9.80 Å². The largest absolute Gasteiger partial charge is 0.127 e. The number of unbranched alkanes of at least 4 members (excludes halogenated alkanes) is 4. The number of alkyl halides is 2. The second-order valence-corrected chi connectivity index (χ2v) is 5.77. The molecule has 0 aromatic carbocycles. The lowest BCUT2D eigenvalue weighted by atomic mass is 10.1. The van der Waals surface area contributed by atoms with Crippen molar-refractivity contribution in [2.45, 2.75) is 62.2 Å². The molecule has 0 heterocycles. The molecule has 0 saturated carbocycles. The lowest BCUT2D eigenvalue weighted by Gasteiger charge is -2.08. The molecule has 80 valence electrons. The molecule has 2 heteroatoms. The number of halogens is 2. The van der Waals surface area contributed by atoms with Crippen LogP contribution in [0.2, 0.25) is 0 Å². The molecule has 0 amide bonds. The van der Waals surface area contributed by atoms with Crippen LogP contribution in [0.3, 0.4) is 0 Å². The summed E-state index contributed by atoms with van der Waals surface area (Å²) in [5, 5.41) is 0. The Balaban J connectivity index is 3.03. The third-order valence-corrected chi connectivity index (χ3v) is 3.78. The van der Waals surface area contributed by atoms with Gasteiger partial charge in [0.05, 0.1) is 0 Å². The Morgan fingerprint density at radius 2 is 1.62 bits per heavy atom. The first-order valence-corrected chi connectivity index (χ1v) is 7.29. The van der Waals surface area contributed by atoms with Crippen LogP contribution in [0.25, 0.3) is 0 Å². The number of hydrogen-bond acceptors (Lipinski definition) is 0. The monoisotopic (exact) mass is 316 g/mol. The second-order valence-electron chi connectivity index (χ2n) is 3.63. The molecular formula is C11H22ClI. The van der Waals surface area contributed by atoms with Crippen LogP contribution in [0, 0.1) is 0 Å². The van der Waals surface area contributed by atoms with Crippen LogP contribution in [0.1, 0.15) is 58.3 Å². The van der Waals surface area contributed by atoms with Crippen molar-refractivity contribution >= 4 is 34.2 Å². The summed E-state index contributed by atoms with van der Waals surface area (Å²) >= 11 is 8.21. The maximum Gasteiger partial charge on any atom is 0.0223 e. The van der Waals surface area contributed by atoms with E-state index in [9.17, 15) is 0 Å². The van der Waals surface area contributed by atoms with Gasteiger partial charge in [-0.05, 0) is 19.3 Å². The average molecular weight is 317 g/mol. The van der Waals surface area contributed by atoms with Crippen molar-refractivity contribution in [2.24, 2.45) is 0 Å². The first-order chi connectivity index (χ1) is 6.31. The summed E-state index contributed by atoms with van der Waals surface area (Å²) in [5.74, 6) is 0.837. The van der Waals surface area contributed by atoms with Gasteiger partial charge in [-0.2, -0.15) is 0 Å². The Hall–Kier alpha value is 1.02. The molecule has 0 saturated heterocycles. The van der Waals surface area contributed by atoms with Gasteiger partial charge in [-0.1, -0.05) is 61.6 Å². The first kappa shape index (κ1) is 14.0. The molecule has 0 radical (unpaired) electrons. The van der Waals surface area contributed by atoms with Crippen molar-refractivity contribution in [3.05, 3.63) is 0 Å². The minimum Gasteiger partial charge on any atom is -0.127 e. The van der Waals surface area contributed by atoms with Gasteiger partial charge in [-0.25, -0.2) is 0 Å². The van der Waals surface area contributed by atoms with Gasteiger partial charge in [0.2, 0.25) is 0 Å². The van der Waals surface area contributed by atoms with Gasteiger partial charge >= 0.3 is 0 Å². The van der Waals surface area contributed by atoms with Crippen molar-refractivity contribution in [1.29, 1.82) is 0 Å². The lowest BCUT2D eigenvalue weighted by molar-refractivity contribution is 0.594. The van der Waals surface area contributed by atoms with Crippen LogP contribution in [-0.4, -0.2) is 9.80 Å². The fourth-order valence-electron chi connectivity index (χ4n) is 1.38. The Bertz CT molecular complexity index is 96.1. The molecule has 0 aliphatic heterocycles. The summed E-state index contributed by atoms with van der Waals surface area (Å²) in [4.78, 5) is 0. The van der Waals surface area contributed by atoms with E-state index in [2.05, 4.69) is 29.5 Å². The molecule has 0 aromatic rings. The Morgan fingerprint density at radius 3 is 2.23 bits per heavy atom. The Kier molecular flexibility index (Phi) is 12.0. The third kappa shape index (κ3) is 10.9. The smallest absolute Gasteiger partial charge is 0.0223 e.